The van der Waals surface area contributed by atoms with Gasteiger partial charge < -0.3 is 15.4 Å². The number of nitrogens with one attached hydrogen (secondary N) is 2. The van der Waals surface area contributed by atoms with Gasteiger partial charge in [0, 0.05) is 18.7 Å². The van der Waals surface area contributed by atoms with E-state index in [1.54, 1.807) is 12.1 Å². The predicted molar refractivity (Wildman–Crippen MR) is 88.3 cm³/mol. The van der Waals surface area contributed by atoms with E-state index < -0.39 is 0 Å². The molecule has 2 N–H and O–H groups in total. The largest absolute Gasteiger partial charge is 0.493 e. The van der Waals surface area contributed by atoms with Gasteiger partial charge in [0.15, 0.2) is 0 Å². The first-order valence-corrected chi connectivity index (χ1v) is 7.53. The summed E-state index contributed by atoms with van der Waals surface area (Å²) in [7, 11) is 0. The minimum Gasteiger partial charge on any atom is -0.493 e. The molecule has 2 rings (SSSR count). The molecule has 0 unspecified atom stereocenters. The molecule has 0 heterocycles. The lowest BCUT2D eigenvalue weighted by atomic mass is 10.2. The van der Waals surface area contributed by atoms with E-state index in [9.17, 15) is 9.59 Å². The lowest BCUT2D eigenvalue weighted by Crippen LogP contribution is -2.35. The van der Waals surface area contributed by atoms with Crippen molar-refractivity contribution in [2.45, 2.75) is 6.42 Å². The molecule has 0 aliphatic rings. The Bertz CT molecular complexity index is 615. The summed E-state index contributed by atoms with van der Waals surface area (Å²) >= 11 is 0. The van der Waals surface area contributed by atoms with Crippen LogP contribution in [0.5, 0.6) is 5.75 Å². The lowest BCUT2D eigenvalue weighted by molar-refractivity contribution is -0.121. The van der Waals surface area contributed by atoms with Crippen LogP contribution in [0.3, 0.4) is 0 Å². The molecule has 5 nitrogen and oxygen atoms in total. The van der Waals surface area contributed by atoms with E-state index in [1.807, 2.05) is 48.5 Å². The van der Waals surface area contributed by atoms with Crippen LogP contribution in [0.4, 0.5) is 0 Å². The van der Waals surface area contributed by atoms with E-state index in [1.165, 1.54) is 0 Å². The van der Waals surface area contributed by atoms with Crippen LogP contribution < -0.4 is 15.4 Å². The zero-order valence-electron chi connectivity index (χ0n) is 12.8. The third-order valence-corrected chi connectivity index (χ3v) is 3.11. The molecule has 2 aromatic carbocycles. The zero-order chi connectivity index (χ0) is 16.3. The number of carbonyl (C=O) groups excluding carboxylic acids is 2. The summed E-state index contributed by atoms with van der Waals surface area (Å²) in [5.41, 5.74) is 0.607. The van der Waals surface area contributed by atoms with E-state index in [4.69, 9.17) is 4.74 Å². The Kier molecular flexibility index (Phi) is 6.65. The molecule has 2 amide bonds. The topological polar surface area (TPSA) is 67.4 Å². The van der Waals surface area contributed by atoms with Crippen LogP contribution in [0.1, 0.15) is 16.8 Å². The highest BCUT2D eigenvalue weighted by Crippen LogP contribution is 2.08. The standard InChI is InChI=1S/C18H20N2O3/c21-17(11-14-23-16-9-5-2-6-10-16)19-12-13-20-18(22)15-7-3-1-4-8-15/h1-10H,11-14H2,(H,19,21)(H,20,22). The molecule has 0 saturated carbocycles. The first-order valence-electron chi connectivity index (χ1n) is 7.53. The van der Waals surface area contributed by atoms with E-state index in [0.29, 0.717) is 25.3 Å². The molecule has 0 fully saturated rings. The van der Waals surface area contributed by atoms with E-state index in [-0.39, 0.29) is 18.2 Å². The molecular formula is C18H20N2O3. The maximum atomic E-state index is 11.8. The van der Waals surface area contributed by atoms with Gasteiger partial charge in [0.1, 0.15) is 5.75 Å². The normalized spacial score (nSPS) is 9.91. The summed E-state index contributed by atoms with van der Waals surface area (Å²) in [6, 6.07) is 18.3. The Morgan fingerprint density at radius 3 is 2.13 bits per heavy atom. The fourth-order valence-electron chi connectivity index (χ4n) is 1.94. The molecule has 2 aromatic rings. The van der Waals surface area contributed by atoms with Gasteiger partial charge in [-0.1, -0.05) is 36.4 Å². The summed E-state index contributed by atoms with van der Waals surface area (Å²) in [4.78, 5) is 23.4. The van der Waals surface area contributed by atoms with Crippen molar-refractivity contribution in [3.63, 3.8) is 0 Å². The van der Waals surface area contributed by atoms with Crippen molar-refractivity contribution >= 4 is 11.8 Å². The molecule has 0 aromatic heterocycles. The van der Waals surface area contributed by atoms with Crippen molar-refractivity contribution in [1.82, 2.24) is 10.6 Å². The molecule has 0 saturated heterocycles. The zero-order valence-corrected chi connectivity index (χ0v) is 12.8. The maximum Gasteiger partial charge on any atom is 0.251 e. The molecule has 0 radical (unpaired) electrons. The van der Waals surface area contributed by atoms with Gasteiger partial charge in [0.25, 0.3) is 5.91 Å². The minimum atomic E-state index is -0.146. The molecule has 5 heteroatoms. The van der Waals surface area contributed by atoms with Crippen LogP contribution in [-0.2, 0) is 4.79 Å². The third-order valence-electron chi connectivity index (χ3n) is 3.11. The van der Waals surface area contributed by atoms with Crippen LogP contribution in [0.15, 0.2) is 60.7 Å². The Labute approximate surface area is 135 Å². The van der Waals surface area contributed by atoms with Crippen LogP contribution in [0.2, 0.25) is 0 Å². The highest BCUT2D eigenvalue weighted by molar-refractivity contribution is 5.94. The summed E-state index contributed by atoms with van der Waals surface area (Å²) < 4.78 is 5.45. The molecule has 0 aliphatic heterocycles. The number of benzene rings is 2. The monoisotopic (exact) mass is 312 g/mol. The van der Waals surface area contributed by atoms with E-state index in [0.717, 1.165) is 5.75 Å². The second-order valence-electron chi connectivity index (χ2n) is 4.88. The van der Waals surface area contributed by atoms with Gasteiger partial charge in [0.2, 0.25) is 5.91 Å². The van der Waals surface area contributed by atoms with Gasteiger partial charge in [-0.3, -0.25) is 9.59 Å². The smallest absolute Gasteiger partial charge is 0.251 e. The van der Waals surface area contributed by atoms with Crippen LogP contribution in [-0.4, -0.2) is 31.5 Å². The highest BCUT2D eigenvalue weighted by Gasteiger charge is 2.04. The highest BCUT2D eigenvalue weighted by atomic mass is 16.5. The summed E-state index contributed by atoms with van der Waals surface area (Å²) in [5.74, 6) is 0.498. The first kappa shape index (κ1) is 16.5. The molecule has 0 atom stereocenters. The fraction of sp³-hybridized carbons (Fsp3) is 0.222. The third kappa shape index (κ3) is 6.22. The van der Waals surface area contributed by atoms with Crippen molar-refractivity contribution in [2.24, 2.45) is 0 Å². The number of ether oxygens (including phenoxy) is 1. The Balaban J connectivity index is 1.55. The van der Waals surface area contributed by atoms with Crippen molar-refractivity contribution in [3.8, 4) is 5.75 Å². The molecule has 120 valence electrons. The average molecular weight is 312 g/mol. The summed E-state index contributed by atoms with van der Waals surface area (Å²) in [5, 5.41) is 5.49. The lowest BCUT2D eigenvalue weighted by Gasteiger charge is -2.08. The quantitative estimate of drug-likeness (QED) is 0.733. The van der Waals surface area contributed by atoms with E-state index >= 15 is 0 Å². The van der Waals surface area contributed by atoms with Crippen molar-refractivity contribution in [2.75, 3.05) is 19.7 Å². The Morgan fingerprint density at radius 2 is 1.43 bits per heavy atom. The second-order valence-corrected chi connectivity index (χ2v) is 4.88. The maximum absolute atomic E-state index is 11.8. The summed E-state index contributed by atoms with van der Waals surface area (Å²) in [6.07, 6.45) is 0.279. The second kappa shape index (κ2) is 9.25. The Morgan fingerprint density at radius 1 is 0.826 bits per heavy atom. The SMILES string of the molecule is O=C(CCOc1ccccc1)NCCNC(=O)c1ccccc1. The fourth-order valence-corrected chi connectivity index (χ4v) is 1.94. The number of hydrogen-bond acceptors (Lipinski definition) is 3. The number of para-hydroxylation sites is 1. The molecular weight excluding hydrogens is 292 g/mol. The van der Waals surface area contributed by atoms with Crippen LogP contribution >= 0.6 is 0 Å². The van der Waals surface area contributed by atoms with Gasteiger partial charge in [0.05, 0.1) is 13.0 Å². The molecule has 0 spiro atoms. The van der Waals surface area contributed by atoms with Gasteiger partial charge in [-0.2, -0.15) is 0 Å². The van der Waals surface area contributed by atoms with Crippen molar-refractivity contribution in [1.29, 1.82) is 0 Å². The van der Waals surface area contributed by atoms with Gasteiger partial charge in [-0.05, 0) is 24.3 Å². The van der Waals surface area contributed by atoms with Gasteiger partial charge >= 0.3 is 0 Å². The van der Waals surface area contributed by atoms with Crippen molar-refractivity contribution in [3.05, 3.63) is 66.2 Å². The molecule has 0 bridgehead atoms. The van der Waals surface area contributed by atoms with Crippen LogP contribution in [0.25, 0.3) is 0 Å². The van der Waals surface area contributed by atoms with Crippen molar-refractivity contribution < 1.29 is 14.3 Å². The van der Waals surface area contributed by atoms with Gasteiger partial charge in [-0.15, -0.1) is 0 Å². The first-order chi connectivity index (χ1) is 11.3. The average Bonchev–Trinajstić information content (AvgIpc) is 2.60. The molecule has 0 aliphatic carbocycles. The predicted octanol–water partition coefficient (Wildman–Crippen LogP) is 2.00. The number of carbonyl (C=O) groups is 2. The summed E-state index contributed by atoms with van der Waals surface area (Å²) in [6.45, 7) is 1.11. The number of rotatable bonds is 8. The number of amides is 2. The van der Waals surface area contributed by atoms with E-state index in [2.05, 4.69) is 10.6 Å². The molecule has 23 heavy (non-hydrogen) atoms. The van der Waals surface area contributed by atoms with Crippen LogP contribution in [0, 0.1) is 0 Å². The Hall–Kier alpha value is -2.82. The van der Waals surface area contributed by atoms with Gasteiger partial charge in [-0.25, -0.2) is 0 Å². The number of hydrogen-bond donors (Lipinski definition) is 2. The minimum absolute atomic E-state index is 0.102.